The lowest BCUT2D eigenvalue weighted by Crippen LogP contribution is -2.35. The Hall–Kier alpha value is -1.16. The zero-order valence-corrected chi connectivity index (χ0v) is 20.3. The average molecular weight is 429 g/mol. The van der Waals surface area contributed by atoms with Gasteiger partial charge in [0.1, 0.15) is 0 Å². The largest absolute Gasteiger partial charge is 0.393 e. The molecule has 3 aliphatic carbocycles. The number of hydrogen-bond donors (Lipinski definition) is 3. The highest BCUT2D eigenvalue weighted by molar-refractivity contribution is 5.38. The van der Waals surface area contributed by atoms with Crippen molar-refractivity contribution in [2.45, 2.75) is 97.4 Å². The molecule has 174 valence electrons. The number of hydrogen-bond acceptors (Lipinski definition) is 3. The van der Waals surface area contributed by atoms with Crippen molar-refractivity contribution in [1.82, 2.24) is 0 Å². The second-order valence-electron chi connectivity index (χ2n) is 11.4. The van der Waals surface area contributed by atoms with E-state index in [4.69, 9.17) is 0 Å². The van der Waals surface area contributed by atoms with E-state index < -0.39 is 17.8 Å². The van der Waals surface area contributed by atoms with Crippen LogP contribution >= 0.6 is 0 Å². The first-order chi connectivity index (χ1) is 14.4. The van der Waals surface area contributed by atoms with Crippen LogP contribution in [0.25, 0.3) is 0 Å². The highest BCUT2D eigenvalue weighted by Crippen LogP contribution is 2.59. The number of allylic oxidation sites excluding steroid dienone is 4. The maximum Gasteiger partial charge on any atom is 0.0811 e. The van der Waals surface area contributed by atoms with Crippen LogP contribution in [-0.4, -0.2) is 33.1 Å². The van der Waals surface area contributed by atoms with Crippen molar-refractivity contribution in [2.75, 3.05) is 0 Å². The van der Waals surface area contributed by atoms with E-state index in [1.807, 2.05) is 13.8 Å². The Morgan fingerprint density at radius 2 is 1.84 bits per heavy atom. The van der Waals surface area contributed by atoms with Crippen molar-refractivity contribution in [3.63, 3.8) is 0 Å². The molecule has 0 aromatic carbocycles. The van der Waals surface area contributed by atoms with E-state index in [1.165, 1.54) is 31.3 Å². The lowest BCUT2D eigenvalue weighted by Gasteiger charge is -2.44. The molecule has 3 fully saturated rings. The zero-order chi connectivity index (χ0) is 23.0. The van der Waals surface area contributed by atoms with Gasteiger partial charge in [-0.15, -0.1) is 0 Å². The van der Waals surface area contributed by atoms with Gasteiger partial charge in [-0.3, -0.25) is 0 Å². The van der Waals surface area contributed by atoms with Gasteiger partial charge < -0.3 is 15.3 Å². The molecule has 0 saturated heterocycles. The lowest BCUT2D eigenvalue weighted by molar-refractivity contribution is 0.0436. The quantitative estimate of drug-likeness (QED) is 0.490. The summed E-state index contributed by atoms with van der Waals surface area (Å²) < 4.78 is 0. The Morgan fingerprint density at radius 3 is 2.52 bits per heavy atom. The predicted octanol–water partition coefficient (Wildman–Crippen LogP) is 5.73. The van der Waals surface area contributed by atoms with E-state index in [9.17, 15) is 15.3 Å². The lowest BCUT2D eigenvalue weighted by atomic mass is 9.61. The number of fused-ring (bicyclic) bond motifs is 1. The van der Waals surface area contributed by atoms with Gasteiger partial charge in [0.2, 0.25) is 0 Å². The summed E-state index contributed by atoms with van der Waals surface area (Å²) >= 11 is 0. The fraction of sp³-hybridized carbons (Fsp3) is 0.714. The summed E-state index contributed by atoms with van der Waals surface area (Å²) in [5.74, 6) is 1.91. The van der Waals surface area contributed by atoms with Crippen molar-refractivity contribution in [2.24, 2.45) is 29.1 Å². The van der Waals surface area contributed by atoms with Gasteiger partial charge in [0.05, 0.1) is 17.8 Å². The molecule has 3 heteroatoms. The normalized spacial score (nSPS) is 39.3. The molecule has 3 saturated carbocycles. The van der Waals surface area contributed by atoms with Gasteiger partial charge in [-0.2, -0.15) is 0 Å². The molecule has 0 heterocycles. The molecule has 3 N–H and O–H groups in total. The Labute approximate surface area is 189 Å². The van der Waals surface area contributed by atoms with Gasteiger partial charge >= 0.3 is 0 Å². The van der Waals surface area contributed by atoms with Crippen LogP contribution in [0.5, 0.6) is 0 Å². The molecule has 3 rings (SSSR count). The van der Waals surface area contributed by atoms with Crippen molar-refractivity contribution in [1.29, 1.82) is 0 Å². The van der Waals surface area contributed by atoms with Gasteiger partial charge in [-0.05, 0) is 86.7 Å². The van der Waals surface area contributed by atoms with E-state index in [2.05, 4.69) is 51.7 Å². The van der Waals surface area contributed by atoms with Gasteiger partial charge in [0.15, 0.2) is 0 Å². The summed E-state index contributed by atoms with van der Waals surface area (Å²) in [6, 6.07) is 0. The van der Waals surface area contributed by atoms with Gasteiger partial charge in [0, 0.05) is 12.3 Å². The van der Waals surface area contributed by atoms with Crippen LogP contribution < -0.4 is 0 Å². The van der Waals surface area contributed by atoms with Crippen LogP contribution in [0, 0.1) is 29.1 Å². The minimum atomic E-state index is -0.684. The second kappa shape index (κ2) is 9.37. The predicted molar refractivity (Wildman–Crippen MR) is 128 cm³/mol. The second-order valence-corrected chi connectivity index (χ2v) is 11.4. The third-order valence-corrected chi connectivity index (χ3v) is 8.75. The van der Waals surface area contributed by atoms with E-state index in [0.717, 1.165) is 17.6 Å². The molecule has 0 aromatic heterocycles. The molecule has 3 nitrogen and oxygen atoms in total. The number of aliphatic hydroxyl groups is 3. The van der Waals surface area contributed by atoms with E-state index in [-0.39, 0.29) is 5.92 Å². The topological polar surface area (TPSA) is 60.7 Å². The highest BCUT2D eigenvalue weighted by atomic mass is 16.3. The first kappa shape index (κ1) is 24.5. The third kappa shape index (κ3) is 5.26. The van der Waals surface area contributed by atoms with Gasteiger partial charge in [0.25, 0.3) is 0 Å². The molecule has 0 unspecified atom stereocenters. The maximum atomic E-state index is 10.3. The monoisotopic (exact) mass is 428 g/mol. The molecule has 0 amide bonds. The van der Waals surface area contributed by atoms with Crippen molar-refractivity contribution < 1.29 is 15.3 Å². The minimum Gasteiger partial charge on any atom is -0.393 e. The minimum absolute atomic E-state index is 0.141. The number of rotatable bonds is 5. The Balaban J connectivity index is 1.76. The van der Waals surface area contributed by atoms with Crippen molar-refractivity contribution in [3.05, 3.63) is 47.6 Å². The molecule has 0 spiro atoms. The molecule has 0 aliphatic heterocycles. The standard InChI is InChI=1S/C28H44O3/c1-18(9-10-19(2)27(4,5)31)24-13-14-25-21(8-7-15-28(24,25)6)11-12-22-16-23(29)17-26(30)20(22)3/h9-12,18-19,23-26,29-31H,3,7-8,13-17H2,1-2,4-6H3/b10-9-,21-11+,22-12+/t18-,19+,23-,24-,25+,26+,28-/m1/s1. The van der Waals surface area contributed by atoms with Crippen LogP contribution in [0.1, 0.15) is 79.6 Å². The maximum absolute atomic E-state index is 10.3. The first-order valence-electron chi connectivity index (χ1n) is 12.3. The first-order valence-corrected chi connectivity index (χ1v) is 12.3. The van der Waals surface area contributed by atoms with Crippen LogP contribution in [0.15, 0.2) is 47.6 Å². The highest BCUT2D eigenvalue weighted by Gasteiger charge is 2.50. The van der Waals surface area contributed by atoms with Crippen LogP contribution in [0.2, 0.25) is 0 Å². The van der Waals surface area contributed by atoms with E-state index in [0.29, 0.717) is 36.0 Å². The summed E-state index contributed by atoms with van der Waals surface area (Å²) in [4.78, 5) is 0. The fourth-order valence-corrected chi connectivity index (χ4v) is 6.32. The Kier molecular flexibility index (Phi) is 7.40. The Bertz CT molecular complexity index is 753. The molecule has 0 radical (unpaired) electrons. The van der Waals surface area contributed by atoms with Crippen LogP contribution in [0.4, 0.5) is 0 Å². The fourth-order valence-electron chi connectivity index (χ4n) is 6.32. The molecular weight excluding hydrogens is 384 g/mol. The summed E-state index contributed by atoms with van der Waals surface area (Å²) in [7, 11) is 0. The van der Waals surface area contributed by atoms with Crippen LogP contribution in [-0.2, 0) is 0 Å². The average Bonchev–Trinajstić information content (AvgIpc) is 3.04. The molecular formula is C28H44O3. The summed E-state index contributed by atoms with van der Waals surface area (Å²) in [5.41, 5.74) is 2.93. The smallest absolute Gasteiger partial charge is 0.0811 e. The zero-order valence-electron chi connectivity index (χ0n) is 20.3. The summed E-state index contributed by atoms with van der Waals surface area (Å²) in [6.07, 6.45) is 15.0. The van der Waals surface area contributed by atoms with Crippen molar-refractivity contribution in [3.8, 4) is 0 Å². The molecule has 3 aliphatic rings. The summed E-state index contributed by atoms with van der Waals surface area (Å²) in [6.45, 7) is 14.7. The van der Waals surface area contributed by atoms with Gasteiger partial charge in [-0.25, -0.2) is 0 Å². The molecule has 7 atom stereocenters. The number of aliphatic hydroxyl groups excluding tert-OH is 2. The SMILES string of the molecule is C=C1/C(=C/C=C2\CCC[C@]3(C)[C@@H]([C@H](C)/C=C\[C@H](C)C(C)(C)O)CC[C@@H]23)C[C@@H](O)C[C@@H]1O. The van der Waals surface area contributed by atoms with Crippen LogP contribution in [0.3, 0.4) is 0 Å². The third-order valence-electron chi connectivity index (χ3n) is 8.75. The van der Waals surface area contributed by atoms with Gasteiger partial charge in [-0.1, -0.05) is 57.2 Å². The molecule has 0 aromatic rings. The van der Waals surface area contributed by atoms with E-state index >= 15 is 0 Å². The van der Waals surface area contributed by atoms with Crippen molar-refractivity contribution >= 4 is 0 Å². The molecule has 0 bridgehead atoms. The Morgan fingerprint density at radius 1 is 1.13 bits per heavy atom. The molecule has 31 heavy (non-hydrogen) atoms. The summed E-state index contributed by atoms with van der Waals surface area (Å²) in [5, 5.41) is 30.4. The van der Waals surface area contributed by atoms with E-state index in [1.54, 1.807) is 0 Å².